The number of carbonyl (C=O) groups excluding carboxylic acids is 1. The lowest BCUT2D eigenvalue weighted by Crippen LogP contribution is -2.41. The van der Waals surface area contributed by atoms with Crippen LogP contribution in [0.4, 0.5) is 0 Å². The van der Waals surface area contributed by atoms with Crippen LogP contribution < -0.4 is 16.4 Å². The molecule has 1 amide bonds. The van der Waals surface area contributed by atoms with Crippen molar-refractivity contribution in [3.63, 3.8) is 0 Å². The molecule has 0 saturated heterocycles. The Kier molecular flexibility index (Phi) is 8.02. The van der Waals surface area contributed by atoms with Gasteiger partial charge in [0.1, 0.15) is 0 Å². The maximum Gasteiger partial charge on any atom is 0.222 e. The van der Waals surface area contributed by atoms with Crippen LogP contribution in [0.1, 0.15) is 45.4 Å². The summed E-state index contributed by atoms with van der Waals surface area (Å²) in [6.45, 7) is 2.94. The summed E-state index contributed by atoms with van der Waals surface area (Å²) in [5.41, 5.74) is 5.73. The van der Waals surface area contributed by atoms with Crippen LogP contribution in [0.25, 0.3) is 0 Å². The first-order chi connectivity index (χ1) is 9.61. The number of nitrogens with zero attached hydrogens (tertiary/aromatic N) is 1. The van der Waals surface area contributed by atoms with Gasteiger partial charge in [0.2, 0.25) is 5.91 Å². The van der Waals surface area contributed by atoms with Crippen LogP contribution in [0, 0.1) is 0 Å². The molecule has 6 heteroatoms. The Balaban J connectivity index is 2.16. The van der Waals surface area contributed by atoms with Crippen molar-refractivity contribution in [2.45, 2.75) is 57.5 Å². The number of ether oxygens (including phenoxy) is 1. The van der Waals surface area contributed by atoms with E-state index in [0.717, 1.165) is 12.8 Å². The summed E-state index contributed by atoms with van der Waals surface area (Å²) in [4.78, 5) is 15.9. The molecule has 1 saturated carbocycles. The maximum absolute atomic E-state index is 11.8. The van der Waals surface area contributed by atoms with E-state index in [9.17, 15) is 4.79 Å². The lowest BCUT2D eigenvalue weighted by molar-refractivity contribution is -0.121. The van der Waals surface area contributed by atoms with Crippen LogP contribution in [-0.4, -0.2) is 44.2 Å². The van der Waals surface area contributed by atoms with Crippen LogP contribution in [0.3, 0.4) is 0 Å². The summed E-state index contributed by atoms with van der Waals surface area (Å²) in [5, 5.41) is 6.07. The van der Waals surface area contributed by atoms with Gasteiger partial charge in [-0.3, -0.25) is 9.79 Å². The molecule has 6 nitrogen and oxygen atoms in total. The number of rotatable bonds is 7. The van der Waals surface area contributed by atoms with E-state index in [0.29, 0.717) is 31.6 Å². The number of hydrogen-bond donors (Lipinski definition) is 3. The van der Waals surface area contributed by atoms with Gasteiger partial charge in [-0.1, -0.05) is 19.3 Å². The molecule has 0 bridgehead atoms. The molecule has 0 radical (unpaired) electrons. The molecule has 1 rings (SSSR count). The van der Waals surface area contributed by atoms with Gasteiger partial charge in [-0.25, -0.2) is 0 Å². The molecule has 4 N–H and O–H groups in total. The first-order valence-electron chi connectivity index (χ1n) is 7.46. The van der Waals surface area contributed by atoms with Gasteiger partial charge in [0.15, 0.2) is 5.96 Å². The standard InChI is InChI=1S/C14H28N4O2/c1-11(10-20-2)17-14(15)16-9-8-13(19)18-12-6-4-3-5-7-12/h11-12H,3-10H2,1-2H3,(H,18,19)(H3,15,16,17). The van der Waals surface area contributed by atoms with Crippen molar-refractivity contribution in [1.82, 2.24) is 10.6 Å². The van der Waals surface area contributed by atoms with Crippen LogP contribution in [0.5, 0.6) is 0 Å². The molecule has 0 aliphatic heterocycles. The van der Waals surface area contributed by atoms with Crippen molar-refractivity contribution >= 4 is 11.9 Å². The van der Waals surface area contributed by atoms with Gasteiger partial charge in [-0.05, 0) is 19.8 Å². The van der Waals surface area contributed by atoms with Crippen molar-refractivity contribution in [1.29, 1.82) is 0 Å². The molecule has 1 fully saturated rings. The van der Waals surface area contributed by atoms with E-state index in [1.54, 1.807) is 7.11 Å². The molecule has 116 valence electrons. The largest absolute Gasteiger partial charge is 0.383 e. The fourth-order valence-electron chi connectivity index (χ4n) is 2.41. The first kappa shape index (κ1) is 16.8. The van der Waals surface area contributed by atoms with E-state index in [1.807, 2.05) is 6.92 Å². The van der Waals surface area contributed by atoms with Crippen LogP contribution in [0.15, 0.2) is 4.99 Å². The number of aliphatic imine (C=N–C) groups is 1. The fourth-order valence-corrected chi connectivity index (χ4v) is 2.41. The number of carbonyl (C=O) groups is 1. The highest BCUT2D eigenvalue weighted by Crippen LogP contribution is 2.17. The Bertz CT molecular complexity index is 314. The minimum absolute atomic E-state index is 0.0680. The Morgan fingerprint density at radius 3 is 2.75 bits per heavy atom. The normalized spacial score (nSPS) is 18.6. The average Bonchev–Trinajstić information content (AvgIpc) is 2.39. The van der Waals surface area contributed by atoms with Gasteiger partial charge in [0.05, 0.1) is 13.2 Å². The van der Waals surface area contributed by atoms with E-state index in [2.05, 4.69) is 15.6 Å². The zero-order chi connectivity index (χ0) is 14.8. The van der Waals surface area contributed by atoms with Gasteiger partial charge in [-0.15, -0.1) is 0 Å². The smallest absolute Gasteiger partial charge is 0.222 e. The van der Waals surface area contributed by atoms with Gasteiger partial charge in [-0.2, -0.15) is 0 Å². The minimum atomic E-state index is 0.0680. The van der Waals surface area contributed by atoms with Crippen LogP contribution in [0.2, 0.25) is 0 Å². The highest BCUT2D eigenvalue weighted by Gasteiger charge is 2.15. The molecule has 1 unspecified atom stereocenters. The average molecular weight is 284 g/mol. The molecule has 20 heavy (non-hydrogen) atoms. The predicted molar refractivity (Wildman–Crippen MR) is 80.6 cm³/mol. The SMILES string of the molecule is COCC(C)NC(N)=NCCC(=O)NC1CCCCC1. The molecule has 0 heterocycles. The van der Waals surface area contributed by atoms with Crippen LogP contribution >= 0.6 is 0 Å². The number of guanidine groups is 1. The molecule has 1 aliphatic carbocycles. The lowest BCUT2D eigenvalue weighted by Gasteiger charge is -2.22. The van der Waals surface area contributed by atoms with E-state index in [4.69, 9.17) is 10.5 Å². The van der Waals surface area contributed by atoms with E-state index >= 15 is 0 Å². The second-order valence-electron chi connectivity index (χ2n) is 5.42. The topological polar surface area (TPSA) is 88.7 Å². The molecule has 1 aliphatic rings. The van der Waals surface area contributed by atoms with Crippen LogP contribution in [-0.2, 0) is 9.53 Å². The first-order valence-corrected chi connectivity index (χ1v) is 7.46. The number of nitrogens with two attached hydrogens (primary N) is 1. The van der Waals surface area contributed by atoms with E-state index in [-0.39, 0.29) is 11.9 Å². The molecule has 0 aromatic carbocycles. The third kappa shape index (κ3) is 7.33. The summed E-state index contributed by atoms with van der Waals surface area (Å²) in [7, 11) is 1.64. The molecule has 0 aromatic heterocycles. The van der Waals surface area contributed by atoms with E-state index in [1.165, 1.54) is 19.3 Å². The van der Waals surface area contributed by atoms with Crippen molar-refractivity contribution in [3.05, 3.63) is 0 Å². The maximum atomic E-state index is 11.8. The molecule has 1 atom stereocenters. The van der Waals surface area contributed by atoms with Crippen molar-refractivity contribution in [3.8, 4) is 0 Å². The Morgan fingerprint density at radius 1 is 1.40 bits per heavy atom. The Morgan fingerprint density at radius 2 is 2.10 bits per heavy atom. The highest BCUT2D eigenvalue weighted by atomic mass is 16.5. The third-order valence-electron chi connectivity index (χ3n) is 3.40. The highest BCUT2D eigenvalue weighted by molar-refractivity contribution is 5.79. The monoisotopic (exact) mass is 284 g/mol. The van der Waals surface area contributed by atoms with Crippen molar-refractivity contribution in [2.75, 3.05) is 20.3 Å². The summed E-state index contributed by atoms with van der Waals surface area (Å²) >= 11 is 0. The number of amides is 1. The summed E-state index contributed by atoms with van der Waals surface area (Å²) in [6.07, 6.45) is 6.32. The molecule has 0 spiro atoms. The second-order valence-corrected chi connectivity index (χ2v) is 5.42. The predicted octanol–water partition coefficient (Wildman–Crippen LogP) is 0.765. The number of methoxy groups -OCH3 is 1. The van der Waals surface area contributed by atoms with Gasteiger partial charge in [0, 0.05) is 25.6 Å². The van der Waals surface area contributed by atoms with Crippen molar-refractivity contribution < 1.29 is 9.53 Å². The minimum Gasteiger partial charge on any atom is -0.383 e. The summed E-state index contributed by atoms with van der Waals surface area (Å²) in [5.74, 6) is 0.429. The van der Waals surface area contributed by atoms with E-state index < -0.39 is 0 Å². The number of hydrogen-bond acceptors (Lipinski definition) is 3. The molecule has 0 aromatic rings. The second kappa shape index (κ2) is 9.58. The summed E-state index contributed by atoms with van der Waals surface area (Å²) in [6, 6.07) is 0.470. The fraction of sp³-hybridized carbons (Fsp3) is 0.857. The van der Waals surface area contributed by atoms with Gasteiger partial charge >= 0.3 is 0 Å². The third-order valence-corrected chi connectivity index (χ3v) is 3.40. The number of nitrogens with one attached hydrogen (secondary N) is 2. The van der Waals surface area contributed by atoms with Gasteiger partial charge in [0.25, 0.3) is 0 Å². The molecular formula is C14H28N4O2. The van der Waals surface area contributed by atoms with Crippen molar-refractivity contribution in [2.24, 2.45) is 10.7 Å². The zero-order valence-corrected chi connectivity index (χ0v) is 12.7. The Hall–Kier alpha value is -1.30. The zero-order valence-electron chi connectivity index (χ0n) is 12.7. The summed E-state index contributed by atoms with van der Waals surface area (Å²) < 4.78 is 4.99. The lowest BCUT2D eigenvalue weighted by atomic mass is 9.95. The quantitative estimate of drug-likeness (QED) is 0.476. The molecular weight excluding hydrogens is 256 g/mol. The Labute approximate surface area is 121 Å². The van der Waals surface area contributed by atoms with Gasteiger partial charge < -0.3 is 21.1 Å².